The second kappa shape index (κ2) is 7.35. The van der Waals surface area contributed by atoms with Crippen molar-refractivity contribution in [1.29, 1.82) is 0 Å². The highest BCUT2D eigenvalue weighted by molar-refractivity contribution is 7.91. The maximum Gasteiger partial charge on any atom is 0.227 e. The van der Waals surface area contributed by atoms with E-state index in [0.717, 1.165) is 17.1 Å². The van der Waals surface area contributed by atoms with Crippen LogP contribution >= 0.6 is 0 Å². The van der Waals surface area contributed by atoms with Gasteiger partial charge >= 0.3 is 0 Å². The van der Waals surface area contributed by atoms with Gasteiger partial charge in [-0.2, -0.15) is 4.98 Å². The molecule has 134 valence electrons. The van der Waals surface area contributed by atoms with Gasteiger partial charge in [0.25, 0.3) is 0 Å². The summed E-state index contributed by atoms with van der Waals surface area (Å²) in [6, 6.07) is 5.74. The third-order valence-corrected chi connectivity index (χ3v) is 6.06. The monoisotopic (exact) mass is 361 g/mol. The Morgan fingerprint density at radius 1 is 1.28 bits per heavy atom. The normalized spacial score (nSPS) is 18.9. The Labute approximate surface area is 148 Å². The van der Waals surface area contributed by atoms with E-state index in [0.29, 0.717) is 25.5 Å². The second-order valence-corrected chi connectivity index (χ2v) is 8.48. The smallest absolute Gasteiger partial charge is 0.227 e. The molecule has 1 aliphatic heterocycles. The minimum atomic E-state index is -2.94. The molecule has 1 unspecified atom stereocenters. The summed E-state index contributed by atoms with van der Waals surface area (Å²) in [5, 5.41) is 3.30. The molecule has 0 spiro atoms. The van der Waals surface area contributed by atoms with Gasteiger partial charge in [0.15, 0.2) is 9.84 Å². The first-order valence-electron chi connectivity index (χ1n) is 8.42. The van der Waals surface area contributed by atoms with Crippen LogP contribution in [-0.4, -0.2) is 47.5 Å². The summed E-state index contributed by atoms with van der Waals surface area (Å²) in [6.07, 6.45) is 4.15. The fourth-order valence-corrected chi connectivity index (χ4v) is 4.78. The number of anilines is 2. The number of rotatable bonds is 6. The highest BCUT2D eigenvalue weighted by Crippen LogP contribution is 2.23. The number of hydrogen-bond acceptors (Lipinski definition) is 7. The Morgan fingerprint density at radius 3 is 2.68 bits per heavy atom. The molecule has 1 atom stereocenters. The van der Waals surface area contributed by atoms with Gasteiger partial charge in [-0.3, -0.25) is 4.98 Å². The van der Waals surface area contributed by atoms with E-state index in [9.17, 15) is 8.42 Å². The van der Waals surface area contributed by atoms with E-state index in [-0.39, 0.29) is 17.5 Å². The maximum absolute atomic E-state index is 11.8. The Kier molecular flexibility index (Phi) is 5.17. The quantitative estimate of drug-likeness (QED) is 0.839. The SMILES string of the molecule is CCN(c1nc(C)cc(NCc2ccncc2)n1)C1CCS(=O)(=O)C1. The van der Waals surface area contributed by atoms with Crippen molar-refractivity contribution in [2.75, 3.05) is 28.3 Å². The van der Waals surface area contributed by atoms with Gasteiger partial charge < -0.3 is 10.2 Å². The zero-order chi connectivity index (χ0) is 17.9. The van der Waals surface area contributed by atoms with E-state index < -0.39 is 9.84 Å². The highest BCUT2D eigenvalue weighted by Gasteiger charge is 2.33. The molecule has 0 bridgehead atoms. The molecule has 0 saturated carbocycles. The summed E-state index contributed by atoms with van der Waals surface area (Å²) in [5.41, 5.74) is 1.96. The molecule has 0 radical (unpaired) electrons. The molecule has 3 rings (SSSR count). The Morgan fingerprint density at radius 2 is 2.04 bits per heavy atom. The third-order valence-electron chi connectivity index (χ3n) is 4.31. The van der Waals surface area contributed by atoms with Crippen LogP contribution in [0.1, 0.15) is 24.6 Å². The van der Waals surface area contributed by atoms with Gasteiger partial charge in [-0.1, -0.05) is 0 Å². The number of nitrogens with one attached hydrogen (secondary N) is 1. The van der Waals surface area contributed by atoms with Gasteiger partial charge in [-0.05, 0) is 38.0 Å². The Balaban J connectivity index is 1.78. The van der Waals surface area contributed by atoms with E-state index in [1.54, 1.807) is 12.4 Å². The van der Waals surface area contributed by atoms with Crippen LogP contribution in [0.25, 0.3) is 0 Å². The molecule has 7 nitrogen and oxygen atoms in total. The fraction of sp³-hybridized carbons (Fsp3) is 0.471. The lowest BCUT2D eigenvalue weighted by atomic mass is 10.2. The maximum atomic E-state index is 11.8. The second-order valence-electron chi connectivity index (χ2n) is 6.25. The number of pyridine rings is 1. The van der Waals surface area contributed by atoms with Gasteiger partial charge in [0.2, 0.25) is 5.95 Å². The van der Waals surface area contributed by atoms with Crippen LogP contribution in [0.3, 0.4) is 0 Å². The van der Waals surface area contributed by atoms with Crippen molar-refractivity contribution in [3.05, 3.63) is 41.9 Å². The molecule has 1 N–H and O–H groups in total. The molecule has 0 amide bonds. The molecule has 2 aromatic heterocycles. The van der Waals surface area contributed by atoms with Crippen LogP contribution in [0.15, 0.2) is 30.6 Å². The summed E-state index contributed by atoms with van der Waals surface area (Å²) >= 11 is 0. The van der Waals surface area contributed by atoms with Crippen LogP contribution in [-0.2, 0) is 16.4 Å². The highest BCUT2D eigenvalue weighted by atomic mass is 32.2. The third kappa shape index (κ3) is 4.45. The van der Waals surface area contributed by atoms with Crippen LogP contribution in [0.5, 0.6) is 0 Å². The molecule has 2 aromatic rings. The fourth-order valence-electron chi connectivity index (χ4n) is 3.05. The summed E-state index contributed by atoms with van der Waals surface area (Å²) in [6.45, 7) is 5.23. The number of sulfone groups is 1. The first-order valence-corrected chi connectivity index (χ1v) is 10.2. The van der Waals surface area contributed by atoms with Crippen molar-refractivity contribution in [3.8, 4) is 0 Å². The first-order chi connectivity index (χ1) is 12.0. The molecule has 1 aliphatic rings. The molecule has 0 aliphatic carbocycles. The average Bonchev–Trinajstić information content (AvgIpc) is 2.94. The topological polar surface area (TPSA) is 88.1 Å². The standard InChI is InChI=1S/C17H23N5O2S/c1-3-22(15-6-9-25(23,24)12-15)17-20-13(2)10-16(21-17)19-11-14-4-7-18-8-5-14/h4-5,7-8,10,15H,3,6,9,11-12H2,1-2H3,(H,19,20,21). The molecular formula is C17H23N5O2S. The van der Waals surface area contributed by atoms with E-state index in [1.807, 2.05) is 36.9 Å². The van der Waals surface area contributed by atoms with Gasteiger partial charge in [0.1, 0.15) is 5.82 Å². The van der Waals surface area contributed by atoms with Crippen molar-refractivity contribution >= 4 is 21.6 Å². The van der Waals surface area contributed by atoms with E-state index >= 15 is 0 Å². The molecule has 1 fully saturated rings. The lowest BCUT2D eigenvalue weighted by Crippen LogP contribution is -2.37. The number of aryl methyl sites for hydroxylation is 1. The minimum Gasteiger partial charge on any atom is -0.366 e. The first kappa shape index (κ1) is 17.6. The molecular weight excluding hydrogens is 338 g/mol. The van der Waals surface area contributed by atoms with Crippen molar-refractivity contribution in [2.24, 2.45) is 0 Å². The summed E-state index contributed by atoms with van der Waals surface area (Å²) in [7, 11) is -2.94. The molecule has 0 aromatic carbocycles. The van der Waals surface area contributed by atoms with Crippen LogP contribution in [0.2, 0.25) is 0 Å². The summed E-state index contributed by atoms with van der Waals surface area (Å²) < 4.78 is 23.6. The molecule has 25 heavy (non-hydrogen) atoms. The van der Waals surface area contributed by atoms with Crippen molar-refractivity contribution in [1.82, 2.24) is 15.0 Å². The lowest BCUT2D eigenvalue weighted by molar-refractivity contribution is 0.599. The zero-order valence-electron chi connectivity index (χ0n) is 14.5. The van der Waals surface area contributed by atoms with E-state index in [2.05, 4.69) is 20.3 Å². The number of nitrogens with zero attached hydrogens (tertiary/aromatic N) is 4. The van der Waals surface area contributed by atoms with E-state index in [1.165, 1.54) is 0 Å². The Hall–Kier alpha value is -2.22. The van der Waals surface area contributed by atoms with Gasteiger partial charge in [0.05, 0.1) is 11.5 Å². The van der Waals surface area contributed by atoms with Crippen molar-refractivity contribution in [2.45, 2.75) is 32.9 Å². The molecule has 8 heteroatoms. The van der Waals surface area contributed by atoms with Crippen LogP contribution < -0.4 is 10.2 Å². The van der Waals surface area contributed by atoms with Crippen molar-refractivity contribution in [3.63, 3.8) is 0 Å². The molecule has 1 saturated heterocycles. The molecule has 3 heterocycles. The predicted octanol–water partition coefficient (Wildman–Crippen LogP) is 1.81. The number of hydrogen-bond donors (Lipinski definition) is 1. The van der Waals surface area contributed by atoms with E-state index in [4.69, 9.17) is 0 Å². The number of aromatic nitrogens is 3. The zero-order valence-corrected chi connectivity index (χ0v) is 15.3. The predicted molar refractivity (Wildman–Crippen MR) is 98.4 cm³/mol. The van der Waals surface area contributed by atoms with Crippen LogP contribution in [0, 0.1) is 6.92 Å². The Bertz CT molecular complexity index is 826. The lowest BCUT2D eigenvalue weighted by Gasteiger charge is -2.27. The average molecular weight is 361 g/mol. The summed E-state index contributed by atoms with van der Waals surface area (Å²) in [5.74, 6) is 1.74. The minimum absolute atomic E-state index is 0.0511. The van der Waals surface area contributed by atoms with Gasteiger partial charge in [-0.25, -0.2) is 13.4 Å². The summed E-state index contributed by atoms with van der Waals surface area (Å²) in [4.78, 5) is 15.1. The largest absolute Gasteiger partial charge is 0.366 e. The van der Waals surface area contributed by atoms with Crippen LogP contribution in [0.4, 0.5) is 11.8 Å². The van der Waals surface area contributed by atoms with Gasteiger partial charge in [-0.15, -0.1) is 0 Å². The van der Waals surface area contributed by atoms with Gasteiger partial charge in [0, 0.05) is 43.3 Å². The van der Waals surface area contributed by atoms with Crippen molar-refractivity contribution < 1.29 is 8.42 Å².